The van der Waals surface area contributed by atoms with Crippen LogP contribution in [-0.2, 0) is 15.8 Å². The Morgan fingerprint density at radius 3 is 2.59 bits per heavy atom. The Morgan fingerprint density at radius 1 is 1.12 bits per heavy atom. The number of amidine groups is 1. The number of aldehydes is 1. The van der Waals surface area contributed by atoms with Crippen molar-refractivity contribution in [3.63, 3.8) is 0 Å². The molecule has 0 aliphatic carbocycles. The SMILES string of the molecule is O=CC1N=C(c2ccc(N3CCOc4cc(-c5ccc(C(F)(F)F)cc5)cnc43)cc2Cl)NO1. The Bertz CT molecular complexity index is 1280. The third kappa shape index (κ3) is 4.17. The van der Waals surface area contributed by atoms with Crippen molar-refractivity contribution in [2.24, 2.45) is 4.99 Å². The van der Waals surface area contributed by atoms with Crippen LogP contribution >= 0.6 is 11.6 Å². The third-order valence-corrected chi connectivity index (χ3v) is 5.69. The van der Waals surface area contributed by atoms with E-state index in [0.717, 1.165) is 17.8 Å². The first kappa shape index (κ1) is 22.2. The molecular formula is C23H16ClF3N4O3. The maximum Gasteiger partial charge on any atom is 0.416 e. The zero-order valence-corrected chi connectivity index (χ0v) is 18.1. The fourth-order valence-corrected chi connectivity index (χ4v) is 3.97. The highest BCUT2D eigenvalue weighted by Crippen LogP contribution is 2.39. The molecule has 7 nitrogen and oxygen atoms in total. The molecule has 2 aliphatic heterocycles. The van der Waals surface area contributed by atoms with Gasteiger partial charge in [-0.1, -0.05) is 23.7 Å². The number of carbonyl (C=O) groups is 1. The van der Waals surface area contributed by atoms with Crippen LogP contribution < -0.4 is 15.1 Å². The zero-order valence-electron chi connectivity index (χ0n) is 17.3. The van der Waals surface area contributed by atoms with E-state index in [1.807, 2.05) is 11.0 Å². The van der Waals surface area contributed by atoms with Gasteiger partial charge < -0.3 is 9.64 Å². The first-order valence-corrected chi connectivity index (χ1v) is 10.5. The van der Waals surface area contributed by atoms with Gasteiger partial charge in [0.15, 0.2) is 23.7 Å². The summed E-state index contributed by atoms with van der Waals surface area (Å²) in [6.07, 6.45) is -3.15. The summed E-state index contributed by atoms with van der Waals surface area (Å²) in [4.78, 5) is 26.4. The number of benzene rings is 2. The highest BCUT2D eigenvalue weighted by molar-refractivity contribution is 6.34. The molecule has 2 aromatic carbocycles. The first-order chi connectivity index (χ1) is 16.3. The molecule has 3 aromatic rings. The van der Waals surface area contributed by atoms with Crippen LogP contribution in [0.25, 0.3) is 11.1 Å². The topological polar surface area (TPSA) is 76.1 Å². The number of fused-ring (bicyclic) bond motifs is 1. The van der Waals surface area contributed by atoms with E-state index in [2.05, 4.69) is 15.5 Å². The molecule has 0 saturated carbocycles. The van der Waals surface area contributed by atoms with E-state index in [1.165, 1.54) is 12.1 Å². The molecule has 0 radical (unpaired) electrons. The van der Waals surface area contributed by atoms with E-state index >= 15 is 0 Å². The normalized spacial score (nSPS) is 17.5. The summed E-state index contributed by atoms with van der Waals surface area (Å²) < 4.78 is 44.3. The van der Waals surface area contributed by atoms with Crippen LogP contribution in [0.5, 0.6) is 5.75 Å². The quantitative estimate of drug-likeness (QED) is 0.534. The van der Waals surface area contributed by atoms with E-state index < -0.39 is 18.0 Å². The fraction of sp³-hybridized carbons (Fsp3) is 0.174. The number of hydrogen-bond donors (Lipinski definition) is 1. The van der Waals surface area contributed by atoms with Gasteiger partial charge in [0.05, 0.1) is 17.1 Å². The number of aliphatic imine (C=N–C) groups is 1. The summed E-state index contributed by atoms with van der Waals surface area (Å²) in [5.74, 6) is 1.43. The van der Waals surface area contributed by atoms with E-state index in [1.54, 1.807) is 24.4 Å². The number of alkyl halides is 3. The van der Waals surface area contributed by atoms with E-state index in [0.29, 0.717) is 58.6 Å². The van der Waals surface area contributed by atoms with Crippen LogP contribution in [0, 0.1) is 0 Å². The number of nitrogens with one attached hydrogen (secondary N) is 1. The minimum atomic E-state index is -4.39. The average molecular weight is 489 g/mol. The van der Waals surface area contributed by atoms with Crippen LogP contribution in [-0.4, -0.2) is 36.5 Å². The summed E-state index contributed by atoms with van der Waals surface area (Å²) in [5.41, 5.74) is 4.45. The second kappa shape index (κ2) is 8.62. The highest BCUT2D eigenvalue weighted by Gasteiger charge is 2.30. The molecule has 11 heteroatoms. The van der Waals surface area contributed by atoms with Crippen molar-refractivity contribution in [1.29, 1.82) is 0 Å². The van der Waals surface area contributed by atoms with Gasteiger partial charge in [-0.25, -0.2) is 20.3 Å². The predicted molar refractivity (Wildman–Crippen MR) is 119 cm³/mol. The number of pyridine rings is 1. The maximum atomic E-state index is 12.8. The lowest BCUT2D eigenvalue weighted by Gasteiger charge is -2.30. The second-order valence-electron chi connectivity index (χ2n) is 7.51. The van der Waals surface area contributed by atoms with Gasteiger partial charge in [-0.15, -0.1) is 0 Å². The summed E-state index contributed by atoms with van der Waals surface area (Å²) in [5, 5.41) is 0.397. The van der Waals surface area contributed by atoms with Crippen LogP contribution in [0.15, 0.2) is 59.7 Å². The van der Waals surface area contributed by atoms with Crippen molar-refractivity contribution in [1.82, 2.24) is 10.5 Å². The van der Waals surface area contributed by atoms with Crippen LogP contribution in [0.3, 0.4) is 0 Å². The second-order valence-corrected chi connectivity index (χ2v) is 7.92. The molecule has 3 heterocycles. The Morgan fingerprint density at radius 2 is 1.91 bits per heavy atom. The number of rotatable bonds is 4. The number of halogens is 4. The predicted octanol–water partition coefficient (Wildman–Crippen LogP) is 4.76. The number of aromatic nitrogens is 1. The maximum absolute atomic E-state index is 12.8. The van der Waals surface area contributed by atoms with Crippen molar-refractivity contribution < 1.29 is 27.5 Å². The van der Waals surface area contributed by atoms with Crippen molar-refractivity contribution >= 4 is 35.2 Å². The lowest BCUT2D eigenvalue weighted by Crippen LogP contribution is -2.29. The number of hydroxylamine groups is 1. The van der Waals surface area contributed by atoms with Crippen molar-refractivity contribution in [3.05, 3.63) is 70.9 Å². The van der Waals surface area contributed by atoms with Gasteiger partial charge in [0, 0.05) is 23.0 Å². The Balaban J connectivity index is 1.42. The molecule has 174 valence electrons. The largest absolute Gasteiger partial charge is 0.488 e. The Hall–Kier alpha value is -3.63. The highest BCUT2D eigenvalue weighted by atomic mass is 35.5. The minimum absolute atomic E-state index is 0.357. The lowest BCUT2D eigenvalue weighted by atomic mass is 10.0. The van der Waals surface area contributed by atoms with Crippen molar-refractivity contribution in [2.45, 2.75) is 12.4 Å². The first-order valence-electron chi connectivity index (χ1n) is 10.2. The van der Waals surface area contributed by atoms with Crippen molar-refractivity contribution in [2.75, 3.05) is 18.1 Å². The van der Waals surface area contributed by atoms with Crippen LogP contribution in [0.1, 0.15) is 11.1 Å². The molecule has 5 rings (SSSR count). The smallest absolute Gasteiger partial charge is 0.416 e. The molecule has 0 spiro atoms. The van der Waals surface area contributed by atoms with Crippen molar-refractivity contribution in [3.8, 4) is 16.9 Å². The molecule has 1 atom stereocenters. The van der Waals surface area contributed by atoms with Gasteiger partial charge in [-0.05, 0) is 42.0 Å². The summed E-state index contributed by atoms with van der Waals surface area (Å²) in [6.45, 7) is 0.901. The fourth-order valence-electron chi connectivity index (χ4n) is 3.70. The summed E-state index contributed by atoms with van der Waals surface area (Å²) in [6, 6.07) is 12.0. The molecule has 0 amide bonds. The van der Waals surface area contributed by atoms with Gasteiger partial charge in [0.25, 0.3) is 0 Å². The molecule has 1 aromatic heterocycles. The monoisotopic (exact) mass is 488 g/mol. The van der Waals surface area contributed by atoms with Crippen LogP contribution in [0.2, 0.25) is 5.02 Å². The number of anilines is 2. The summed E-state index contributed by atoms with van der Waals surface area (Å²) in [7, 11) is 0. The molecule has 34 heavy (non-hydrogen) atoms. The van der Waals surface area contributed by atoms with E-state index in [9.17, 15) is 18.0 Å². The van der Waals surface area contributed by atoms with Gasteiger partial charge in [0.2, 0.25) is 6.23 Å². The molecule has 1 unspecified atom stereocenters. The molecular weight excluding hydrogens is 473 g/mol. The lowest BCUT2D eigenvalue weighted by molar-refractivity contribution is -0.137. The standard InChI is InChI=1S/C23H16ClF3N4O3/c24-18-10-16(5-6-17(18)21-29-20(12-32)34-30-21)31-7-8-33-19-9-14(11-28-22(19)31)13-1-3-15(4-2-13)23(25,26)27/h1-6,9-12,20H,7-8H2,(H,29,30). The third-order valence-electron chi connectivity index (χ3n) is 5.38. The Labute approximate surface area is 196 Å². The van der Waals surface area contributed by atoms with E-state index in [4.69, 9.17) is 21.2 Å². The van der Waals surface area contributed by atoms with Crippen LogP contribution in [0.4, 0.5) is 24.7 Å². The molecule has 0 fully saturated rings. The number of carbonyl (C=O) groups excluding carboxylic acids is 1. The molecule has 0 saturated heterocycles. The van der Waals surface area contributed by atoms with Gasteiger partial charge in [0.1, 0.15) is 6.61 Å². The van der Waals surface area contributed by atoms with E-state index in [-0.39, 0.29) is 0 Å². The van der Waals surface area contributed by atoms with Gasteiger partial charge in [-0.3, -0.25) is 4.79 Å². The average Bonchev–Trinajstić information content (AvgIpc) is 3.32. The Kier molecular flexibility index (Phi) is 5.62. The number of hydrogen-bond acceptors (Lipinski definition) is 7. The number of nitrogens with zero attached hydrogens (tertiary/aromatic N) is 3. The zero-order chi connectivity index (χ0) is 23.9. The number of ether oxygens (including phenoxy) is 1. The van der Waals surface area contributed by atoms with Gasteiger partial charge >= 0.3 is 6.18 Å². The minimum Gasteiger partial charge on any atom is -0.488 e. The molecule has 2 aliphatic rings. The molecule has 0 bridgehead atoms. The molecule has 1 N–H and O–H groups in total. The van der Waals surface area contributed by atoms with Gasteiger partial charge in [-0.2, -0.15) is 13.2 Å². The summed E-state index contributed by atoms with van der Waals surface area (Å²) >= 11 is 6.47.